The molecule has 6 nitrogen and oxygen atoms in total. The highest BCUT2D eigenvalue weighted by atomic mass is 32.2. The van der Waals surface area contributed by atoms with E-state index >= 15 is 0 Å². The zero-order chi connectivity index (χ0) is 18.3. The van der Waals surface area contributed by atoms with Gasteiger partial charge in [-0.3, -0.25) is 4.57 Å². The van der Waals surface area contributed by atoms with Gasteiger partial charge in [0.15, 0.2) is 5.96 Å². The number of guanidine groups is 1. The Balaban J connectivity index is 2.01. The number of aromatic nitrogens is 3. The van der Waals surface area contributed by atoms with Gasteiger partial charge in [-0.05, 0) is 45.6 Å². The number of aliphatic imine (C=N–C) groups is 1. The highest BCUT2D eigenvalue weighted by Gasteiger charge is 2.16. The van der Waals surface area contributed by atoms with Crippen LogP contribution in [0.4, 0.5) is 0 Å². The lowest BCUT2D eigenvalue weighted by Crippen LogP contribution is -2.43. The third-order valence-corrected chi connectivity index (χ3v) is 5.13. The number of rotatable bonds is 7. The Kier molecular flexibility index (Phi) is 6.87. The molecule has 2 aromatic rings. The van der Waals surface area contributed by atoms with E-state index in [9.17, 15) is 0 Å². The summed E-state index contributed by atoms with van der Waals surface area (Å²) in [6.07, 6.45) is 7.68. The van der Waals surface area contributed by atoms with E-state index in [1.807, 2.05) is 41.7 Å². The van der Waals surface area contributed by atoms with Gasteiger partial charge in [-0.15, -0.1) is 0 Å². The number of aryl methyl sites for hydroxylation is 1. The second-order valence-electron chi connectivity index (χ2n) is 6.38. The standard InChI is InChI=1S/C18H28N6S/c1-6-19-17(23-13-18(3,4)25-5)22-12-15-7-8-16(21-11-15)24-10-9-20-14(24)2/h7-11H,6,12-13H2,1-5H3,(H2,19,22,23). The number of pyridine rings is 1. The van der Waals surface area contributed by atoms with Crippen LogP contribution < -0.4 is 10.6 Å². The minimum atomic E-state index is 0.169. The molecule has 0 unspecified atom stereocenters. The summed E-state index contributed by atoms with van der Waals surface area (Å²) in [6.45, 7) is 10.7. The molecule has 0 atom stereocenters. The van der Waals surface area contributed by atoms with E-state index in [0.29, 0.717) is 6.54 Å². The Bertz CT molecular complexity index is 690. The maximum absolute atomic E-state index is 4.66. The van der Waals surface area contributed by atoms with E-state index < -0.39 is 0 Å². The van der Waals surface area contributed by atoms with Gasteiger partial charge >= 0.3 is 0 Å². The molecule has 2 rings (SSSR count). The number of nitrogens with zero attached hydrogens (tertiary/aromatic N) is 4. The smallest absolute Gasteiger partial charge is 0.191 e. The molecule has 0 aliphatic carbocycles. The molecule has 2 heterocycles. The predicted octanol–water partition coefficient (Wildman–Crippen LogP) is 2.77. The van der Waals surface area contributed by atoms with Gasteiger partial charge in [0.25, 0.3) is 0 Å². The van der Waals surface area contributed by atoms with Crippen LogP contribution in [0.5, 0.6) is 0 Å². The molecule has 2 aromatic heterocycles. The molecule has 2 N–H and O–H groups in total. The summed E-state index contributed by atoms with van der Waals surface area (Å²) in [5.74, 6) is 2.63. The number of imidazole rings is 1. The zero-order valence-electron chi connectivity index (χ0n) is 15.7. The fourth-order valence-electron chi connectivity index (χ4n) is 2.15. The molecule has 0 spiro atoms. The van der Waals surface area contributed by atoms with E-state index in [1.54, 1.807) is 6.20 Å². The molecular formula is C18H28N6S. The lowest BCUT2D eigenvalue weighted by atomic mass is 10.2. The largest absolute Gasteiger partial charge is 0.357 e. The van der Waals surface area contributed by atoms with E-state index in [4.69, 9.17) is 0 Å². The van der Waals surface area contributed by atoms with Gasteiger partial charge in [0.2, 0.25) is 0 Å². The SMILES string of the molecule is CCNC(=NCc1ccc(-n2ccnc2C)nc1)NCC(C)(C)SC. The first-order valence-corrected chi connectivity index (χ1v) is 9.70. The highest BCUT2D eigenvalue weighted by molar-refractivity contribution is 7.99. The summed E-state index contributed by atoms with van der Waals surface area (Å²) in [6, 6.07) is 4.05. The minimum absolute atomic E-state index is 0.169. The molecule has 0 aliphatic heterocycles. The van der Waals surface area contributed by atoms with Gasteiger partial charge in [-0.25, -0.2) is 15.0 Å². The number of nitrogens with one attached hydrogen (secondary N) is 2. The Morgan fingerprint density at radius 1 is 1.28 bits per heavy atom. The van der Waals surface area contributed by atoms with Gasteiger partial charge in [0.1, 0.15) is 11.6 Å². The summed E-state index contributed by atoms with van der Waals surface area (Å²) in [5, 5.41) is 6.70. The Morgan fingerprint density at radius 2 is 2.08 bits per heavy atom. The molecule has 7 heteroatoms. The molecule has 25 heavy (non-hydrogen) atoms. The molecule has 0 bridgehead atoms. The van der Waals surface area contributed by atoms with E-state index in [0.717, 1.165) is 36.3 Å². The van der Waals surface area contributed by atoms with E-state index in [2.05, 4.69) is 58.7 Å². The van der Waals surface area contributed by atoms with Gasteiger partial charge in [-0.1, -0.05) is 6.07 Å². The topological polar surface area (TPSA) is 67.1 Å². The molecule has 0 radical (unpaired) electrons. The van der Waals surface area contributed by atoms with Gasteiger partial charge in [-0.2, -0.15) is 11.8 Å². The summed E-state index contributed by atoms with van der Waals surface area (Å²) in [4.78, 5) is 13.4. The first kappa shape index (κ1) is 19.3. The molecule has 0 amide bonds. The van der Waals surface area contributed by atoms with Gasteiger partial charge in [0, 0.05) is 36.4 Å². The molecule has 0 aliphatic rings. The van der Waals surface area contributed by atoms with Crippen LogP contribution in [0.15, 0.2) is 35.7 Å². The number of hydrogen-bond donors (Lipinski definition) is 2. The van der Waals surface area contributed by atoms with Crippen LogP contribution in [0, 0.1) is 6.92 Å². The van der Waals surface area contributed by atoms with E-state index in [-0.39, 0.29) is 4.75 Å². The Hall–Kier alpha value is -2.02. The van der Waals surface area contributed by atoms with Crippen molar-refractivity contribution in [3.63, 3.8) is 0 Å². The lowest BCUT2D eigenvalue weighted by Gasteiger charge is -2.23. The lowest BCUT2D eigenvalue weighted by molar-refractivity contribution is 0.665. The van der Waals surface area contributed by atoms with Crippen LogP contribution >= 0.6 is 11.8 Å². The predicted molar refractivity (Wildman–Crippen MR) is 107 cm³/mol. The van der Waals surface area contributed by atoms with E-state index in [1.165, 1.54) is 0 Å². The third-order valence-electron chi connectivity index (χ3n) is 3.88. The van der Waals surface area contributed by atoms with Crippen molar-refractivity contribution in [2.75, 3.05) is 19.3 Å². The number of thioether (sulfide) groups is 1. The van der Waals surface area contributed by atoms with Crippen molar-refractivity contribution in [3.05, 3.63) is 42.1 Å². The Labute approximate surface area is 154 Å². The van der Waals surface area contributed by atoms with Gasteiger partial charge < -0.3 is 10.6 Å². The minimum Gasteiger partial charge on any atom is -0.357 e. The van der Waals surface area contributed by atoms with Crippen LogP contribution in [0.25, 0.3) is 5.82 Å². The van der Waals surface area contributed by atoms with Crippen molar-refractivity contribution < 1.29 is 0 Å². The van der Waals surface area contributed by atoms with Crippen molar-refractivity contribution in [2.24, 2.45) is 4.99 Å². The first-order chi connectivity index (χ1) is 11.9. The summed E-state index contributed by atoms with van der Waals surface area (Å²) >= 11 is 1.84. The molecule has 0 saturated carbocycles. The van der Waals surface area contributed by atoms with Gasteiger partial charge in [0.05, 0.1) is 6.54 Å². The van der Waals surface area contributed by atoms with Crippen molar-refractivity contribution >= 4 is 17.7 Å². The average molecular weight is 361 g/mol. The second-order valence-corrected chi connectivity index (χ2v) is 7.90. The quantitative estimate of drug-likeness (QED) is 0.587. The Morgan fingerprint density at radius 3 is 2.64 bits per heavy atom. The van der Waals surface area contributed by atoms with Crippen LogP contribution in [0.1, 0.15) is 32.2 Å². The fraction of sp³-hybridized carbons (Fsp3) is 0.500. The molecular weight excluding hydrogens is 332 g/mol. The normalized spacial score (nSPS) is 12.3. The second kappa shape index (κ2) is 8.89. The maximum Gasteiger partial charge on any atom is 0.191 e. The fourth-order valence-corrected chi connectivity index (χ4v) is 2.37. The average Bonchev–Trinajstić information content (AvgIpc) is 3.04. The van der Waals surface area contributed by atoms with Crippen LogP contribution in [0.2, 0.25) is 0 Å². The highest BCUT2D eigenvalue weighted by Crippen LogP contribution is 2.19. The molecule has 0 fully saturated rings. The van der Waals surface area contributed by atoms with Crippen molar-refractivity contribution in [1.29, 1.82) is 0 Å². The zero-order valence-corrected chi connectivity index (χ0v) is 16.5. The van der Waals surface area contributed by atoms with Crippen molar-refractivity contribution in [2.45, 2.75) is 39.0 Å². The summed E-state index contributed by atoms with van der Waals surface area (Å²) in [5.41, 5.74) is 1.07. The summed E-state index contributed by atoms with van der Waals surface area (Å²) < 4.78 is 2.13. The van der Waals surface area contributed by atoms with Crippen molar-refractivity contribution in [1.82, 2.24) is 25.2 Å². The van der Waals surface area contributed by atoms with Crippen molar-refractivity contribution in [3.8, 4) is 5.82 Å². The molecule has 136 valence electrons. The van der Waals surface area contributed by atoms with Crippen LogP contribution in [0.3, 0.4) is 0 Å². The summed E-state index contributed by atoms with van der Waals surface area (Å²) in [7, 11) is 0. The first-order valence-electron chi connectivity index (χ1n) is 8.48. The molecule has 0 aromatic carbocycles. The molecule has 0 saturated heterocycles. The third kappa shape index (κ3) is 5.77. The monoisotopic (exact) mass is 360 g/mol. The van der Waals surface area contributed by atoms with Crippen LogP contribution in [-0.2, 0) is 6.54 Å². The van der Waals surface area contributed by atoms with Crippen LogP contribution in [-0.4, -0.2) is 44.6 Å². The maximum atomic E-state index is 4.66. The number of hydrogen-bond acceptors (Lipinski definition) is 4.